The quantitative estimate of drug-likeness (QED) is 0.795. The van der Waals surface area contributed by atoms with Crippen molar-refractivity contribution in [1.29, 1.82) is 0 Å². The number of nitrogens with zero attached hydrogens (tertiary/aromatic N) is 3. The first kappa shape index (κ1) is 15.2. The number of morpholine rings is 1. The Morgan fingerprint density at radius 2 is 2.50 bits per heavy atom. The van der Waals surface area contributed by atoms with E-state index in [4.69, 9.17) is 4.74 Å². The maximum absolute atomic E-state index is 12.2. The monoisotopic (exact) mass is 342 g/mol. The SMILES string of the molecule is C=CCn1ncc(N2CCOC(CNC)C2)c(Br)c1=O. The van der Waals surface area contributed by atoms with Crippen molar-refractivity contribution < 1.29 is 4.74 Å². The molecule has 0 bridgehead atoms. The number of nitrogens with one attached hydrogen (secondary N) is 1. The summed E-state index contributed by atoms with van der Waals surface area (Å²) in [5.74, 6) is 0. The van der Waals surface area contributed by atoms with Crippen molar-refractivity contribution in [2.24, 2.45) is 0 Å². The number of allylic oxidation sites excluding steroid dienone is 1. The van der Waals surface area contributed by atoms with Crippen molar-refractivity contribution in [3.8, 4) is 0 Å². The molecule has 1 aromatic rings. The van der Waals surface area contributed by atoms with Crippen molar-refractivity contribution >= 4 is 21.6 Å². The molecule has 1 N–H and O–H groups in total. The van der Waals surface area contributed by atoms with E-state index in [1.165, 1.54) is 4.68 Å². The minimum absolute atomic E-state index is 0.122. The van der Waals surface area contributed by atoms with Crippen LogP contribution in [0.15, 0.2) is 28.1 Å². The molecule has 1 aromatic heterocycles. The standard InChI is InChI=1S/C13H19BrN4O2/c1-3-4-18-13(19)12(14)11(8-16-18)17-5-6-20-10(9-17)7-15-2/h3,8,10,15H,1,4-7,9H2,2H3. The van der Waals surface area contributed by atoms with Gasteiger partial charge >= 0.3 is 0 Å². The van der Waals surface area contributed by atoms with Crippen LogP contribution in [0.4, 0.5) is 5.69 Å². The van der Waals surface area contributed by atoms with Gasteiger partial charge in [-0.3, -0.25) is 4.79 Å². The van der Waals surface area contributed by atoms with Crippen LogP contribution >= 0.6 is 15.9 Å². The van der Waals surface area contributed by atoms with Gasteiger partial charge in [0.15, 0.2) is 0 Å². The number of aromatic nitrogens is 2. The Bertz CT molecular complexity index is 530. The number of ether oxygens (including phenoxy) is 1. The average Bonchev–Trinajstić information content (AvgIpc) is 2.45. The lowest BCUT2D eigenvalue weighted by molar-refractivity contribution is 0.0421. The molecule has 7 heteroatoms. The summed E-state index contributed by atoms with van der Waals surface area (Å²) in [6.45, 7) is 6.96. The highest BCUT2D eigenvalue weighted by Gasteiger charge is 2.23. The minimum Gasteiger partial charge on any atom is -0.373 e. The van der Waals surface area contributed by atoms with E-state index in [1.54, 1.807) is 12.3 Å². The molecule has 1 saturated heterocycles. The fourth-order valence-corrected chi connectivity index (χ4v) is 2.78. The van der Waals surface area contributed by atoms with Gasteiger partial charge in [0.25, 0.3) is 5.56 Å². The topological polar surface area (TPSA) is 59.4 Å². The molecule has 2 rings (SSSR count). The molecule has 0 amide bonds. The molecule has 6 nitrogen and oxygen atoms in total. The molecular formula is C13H19BrN4O2. The highest BCUT2D eigenvalue weighted by molar-refractivity contribution is 9.10. The van der Waals surface area contributed by atoms with E-state index in [9.17, 15) is 4.79 Å². The van der Waals surface area contributed by atoms with Crippen molar-refractivity contribution in [2.45, 2.75) is 12.6 Å². The fourth-order valence-electron chi connectivity index (χ4n) is 2.22. The first-order valence-corrected chi connectivity index (χ1v) is 7.34. The summed E-state index contributed by atoms with van der Waals surface area (Å²) in [5.41, 5.74) is 0.679. The molecule has 20 heavy (non-hydrogen) atoms. The predicted octanol–water partition coefficient (Wildman–Crippen LogP) is 0.616. The second-order valence-corrected chi connectivity index (χ2v) is 5.41. The van der Waals surface area contributed by atoms with Crippen molar-refractivity contribution in [2.75, 3.05) is 38.2 Å². The number of likely N-dealkylation sites (N-methyl/N-ethyl adjacent to an activating group) is 1. The van der Waals surface area contributed by atoms with Gasteiger partial charge in [-0.05, 0) is 23.0 Å². The van der Waals surface area contributed by atoms with E-state index in [1.807, 2.05) is 7.05 Å². The van der Waals surface area contributed by atoms with Crippen LogP contribution in [-0.2, 0) is 11.3 Å². The third kappa shape index (κ3) is 3.28. The molecule has 2 heterocycles. The van der Waals surface area contributed by atoms with Gasteiger partial charge in [0.05, 0.1) is 31.1 Å². The Labute approximate surface area is 126 Å². The summed E-state index contributed by atoms with van der Waals surface area (Å²) < 4.78 is 7.59. The first-order valence-electron chi connectivity index (χ1n) is 6.55. The molecule has 1 aliphatic rings. The van der Waals surface area contributed by atoms with Gasteiger partial charge in [0.2, 0.25) is 0 Å². The molecule has 1 fully saturated rings. The Hall–Kier alpha value is -1.18. The fraction of sp³-hybridized carbons (Fsp3) is 0.538. The highest BCUT2D eigenvalue weighted by atomic mass is 79.9. The lowest BCUT2D eigenvalue weighted by atomic mass is 10.2. The molecule has 0 spiro atoms. The second kappa shape index (κ2) is 7.01. The molecule has 0 radical (unpaired) electrons. The smallest absolute Gasteiger partial charge is 0.283 e. The van der Waals surface area contributed by atoms with Gasteiger partial charge in [-0.25, -0.2) is 4.68 Å². The Balaban J connectivity index is 2.22. The highest BCUT2D eigenvalue weighted by Crippen LogP contribution is 2.23. The number of rotatable bonds is 5. The number of hydrogen-bond donors (Lipinski definition) is 1. The maximum atomic E-state index is 12.2. The van der Waals surface area contributed by atoms with Crippen LogP contribution in [0.3, 0.4) is 0 Å². The largest absolute Gasteiger partial charge is 0.373 e. The Kier molecular flexibility index (Phi) is 5.33. The summed E-state index contributed by atoms with van der Waals surface area (Å²) in [7, 11) is 1.90. The third-order valence-corrected chi connectivity index (χ3v) is 3.93. The molecule has 1 aliphatic heterocycles. The van der Waals surface area contributed by atoms with Gasteiger partial charge in [-0.2, -0.15) is 5.10 Å². The summed E-state index contributed by atoms with van der Waals surface area (Å²) >= 11 is 3.39. The summed E-state index contributed by atoms with van der Waals surface area (Å²) in [6, 6.07) is 0. The predicted molar refractivity (Wildman–Crippen MR) is 82.3 cm³/mol. The maximum Gasteiger partial charge on any atom is 0.283 e. The molecule has 110 valence electrons. The number of hydrogen-bond acceptors (Lipinski definition) is 5. The van der Waals surface area contributed by atoms with Gasteiger partial charge in [-0.1, -0.05) is 6.08 Å². The van der Waals surface area contributed by atoms with Crippen molar-refractivity contribution in [3.63, 3.8) is 0 Å². The summed E-state index contributed by atoms with van der Waals surface area (Å²) in [4.78, 5) is 14.3. The van der Waals surface area contributed by atoms with Gasteiger partial charge in [0.1, 0.15) is 4.47 Å². The van der Waals surface area contributed by atoms with E-state index < -0.39 is 0 Å². The number of halogens is 1. The van der Waals surface area contributed by atoms with Crippen LogP contribution in [0.5, 0.6) is 0 Å². The molecule has 0 aromatic carbocycles. The van der Waals surface area contributed by atoms with Crippen molar-refractivity contribution in [1.82, 2.24) is 15.1 Å². The number of anilines is 1. The molecule has 1 unspecified atom stereocenters. The van der Waals surface area contributed by atoms with E-state index in [0.717, 1.165) is 25.3 Å². The van der Waals surface area contributed by atoms with Crippen LogP contribution in [0.2, 0.25) is 0 Å². The average molecular weight is 343 g/mol. The molecule has 1 atom stereocenters. The Morgan fingerprint density at radius 1 is 1.70 bits per heavy atom. The van der Waals surface area contributed by atoms with Crippen molar-refractivity contribution in [3.05, 3.63) is 33.7 Å². The first-order chi connectivity index (χ1) is 9.67. The van der Waals surface area contributed by atoms with Crippen LogP contribution in [0.1, 0.15) is 0 Å². The summed E-state index contributed by atoms with van der Waals surface area (Å²) in [6.07, 6.45) is 3.49. The zero-order chi connectivity index (χ0) is 14.5. The molecule has 0 saturated carbocycles. The lowest BCUT2D eigenvalue weighted by Crippen LogP contribution is -2.47. The van der Waals surface area contributed by atoms with E-state index >= 15 is 0 Å². The zero-order valence-corrected chi connectivity index (χ0v) is 13.1. The van der Waals surface area contributed by atoms with Crippen LogP contribution < -0.4 is 15.8 Å². The van der Waals surface area contributed by atoms with E-state index in [0.29, 0.717) is 17.6 Å². The van der Waals surface area contributed by atoms with Gasteiger partial charge in [0, 0.05) is 19.6 Å². The van der Waals surface area contributed by atoms with E-state index in [-0.39, 0.29) is 11.7 Å². The lowest BCUT2D eigenvalue weighted by Gasteiger charge is -2.34. The molecule has 0 aliphatic carbocycles. The minimum atomic E-state index is -0.140. The van der Waals surface area contributed by atoms with Gasteiger partial charge in [-0.15, -0.1) is 6.58 Å². The second-order valence-electron chi connectivity index (χ2n) is 4.62. The Morgan fingerprint density at radius 3 is 3.20 bits per heavy atom. The molecular weight excluding hydrogens is 324 g/mol. The van der Waals surface area contributed by atoms with Crippen LogP contribution in [0, 0.1) is 0 Å². The van der Waals surface area contributed by atoms with Crippen LogP contribution in [-0.4, -0.2) is 49.2 Å². The summed E-state index contributed by atoms with van der Waals surface area (Å²) in [5, 5.41) is 7.29. The van der Waals surface area contributed by atoms with Gasteiger partial charge < -0.3 is 15.0 Å². The normalized spacial score (nSPS) is 19.1. The van der Waals surface area contributed by atoms with E-state index in [2.05, 4.69) is 37.8 Å². The zero-order valence-electron chi connectivity index (χ0n) is 11.5. The van der Waals surface area contributed by atoms with Crippen LogP contribution in [0.25, 0.3) is 0 Å². The third-order valence-electron chi connectivity index (χ3n) is 3.18.